The summed E-state index contributed by atoms with van der Waals surface area (Å²) in [5.74, 6) is 0.982. The summed E-state index contributed by atoms with van der Waals surface area (Å²) in [6.07, 6.45) is 6.00. The molecule has 0 saturated carbocycles. The van der Waals surface area contributed by atoms with E-state index in [4.69, 9.17) is 9.47 Å². The van der Waals surface area contributed by atoms with Crippen LogP contribution < -0.4 is 10.1 Å². The summed E-state index contributed by atoms with van der Waals surface area (Å²) in [5.41, 5.74) is 1.27. The molecule has 3 nitrogen and oxygen atoms in total. The van der Waals surface area contributed by atoms with Gasteiger partial charge in [0.2, 0.25) is 0 Å². The van der Waals surface area contributed by atoms with Gasteiger partial charge in [0.1, 0.15) is 5.75 Å². The number of methoxy groups -OCH3 is 1. The summed E-state index contributed by atoms with van der Waals surface area (Å²) in [6, 6.07) is 8.26. The Hall–Kier alpha value is -1.06. The van der Waals surface area contributed by atoms with Gasteiger partial charge in [-0.15, -0.1) is 0 Å². The van der Waals surface area contributed by atoms with Crippen LogP contribution in [0.2, 0.25) is 0 Å². The van der Waals surface area contributed by atoms with Crippen LogP contribution in [0.1, 0.15) is 37.7 Å². The standard InChI is InChI=1S/C17H29NO2/c1-16-8-10-17(11-9-16)20-15-6-4-3-5-12-18-13-7-14-19-2/h8-11,18H,3-7,12-15H2,1-2H3. The second-order valence-electron chi connectivity index (χ2n) is 5.17. The Morgan fingerprint density at radius 1 is 0.850 bits per heavy atom. The number of unbranched alkanes of at least 4 members (excludes halogenated alkanes) is 3. The molecule has 0 unspecified atom stereocenters. The van der Waals surface area contributed by atoms with Crippen molar-refractivity contribution in [3.63, 3.8) is 0 Å². The van der Waals surface area contributed by atoms with Crippen LogP contribution in [-0.2, 0) is 4.74 Å². The van der Waals surface area contributed by atoms with Crippen LogP contribution in [-0.4, -0.2) is 33.4 Å². The number of hydrogen-bond donors (Lipinski definition) is 1. The molecule has 114 valence electrons. The molecule has 0 saturated heterocycles. The van der Waals surface area contributed by atoms with Crippen molar-refractivity contribution >= 4 is 0 Å². The third-order valence-corrected chi connectivity index (χ3v) is 3.24. The SMILES string of the molecule is COCCCNCCCCCCOc1ccc(C)cc1. The summed E-state index contributed by atoms with van der Waals surface area (Å²) >= 11 is 0. The van der Waals surface area contributed by atoms with Crippen LogP contribution in [0.5, 0.6) is 5.75 Å². The predicted octanol–water partition coefficient (Wildman–Crippen LogP) is 3.56. The first-order chi connectivity index (χ1) is 9.83. The average Bonchev–Trinajstić information content (AvgIpc) is 2.47. The summed E-state index contributed by atoms with van der Waals surface area (Å²) in [7, 11) is 1.75. The van der Waals surface area contributed by atoms with Crippen LogP contribution in [0, 0.1) is 6.92 Å². The maximum atomic E-state index is 5.70. The molecule has 0 aliphatic carbocycles. The predicted molar refractivity (Wildman–Crippen MR) is 84.5 cm³/mol. The van der Waals surface area contributed by atoms with E-state index >= 15 is 0 Å². The largest absolute Gasteiger partial charge is 0.494 e. The molecule has 0 bridgehead atoms. The summed E-state index contributed by atoms with van der Waals surface area (Å²) in [4.78, 5) is 0. The summed E-state index contributed by atoms with van der Waals surface area (Å²) < 4.78 is 10.7. The number of rotatable bonds is 12. The molecule has 20 heavy (non-hydrogen) atoms. The van der Waals surface area contributed by atoms with E-state index < -0.39 is 0 Å². The van der Waals surface area contributed by atoms with Crippen molar-refractivity contribution in [3.05, 3.63) is 29.8 Å². The minimum Gasteiger partial charge on any atom is -0.494 e. The van der Waals surface area contributed by atoms with Gasteiger partial charge in [-0.2, -0.15) is 0 Å². The third kappa shape index (κ3) is 8.94. The van der Waals surface area contributed by atoms with E-state index in [0.29, 0.717) is 0 Å². The fraction of sp³-hybridized carbons (Fsp3) is 0.647. The van der Waals surface area contributed by atoms with Crippen LogP contribution in [0.15, 0.2) is 24.3 Å². The summed E-state index contributed by atoms with van der Waals surface area (Å²) in [5, 5.41) is 3.43. The maximum absolute atomic E-state index is 5.70. The van der Waals surface area contributed by atoms with Crippen molar-refractivity contribution in [2.45, 2.75) is 39.0 Å². The molecule has 1 aromatic rings. The zero-order valence-corrected chi connectivity index (χ0v) is 13.0. The van der Waals surface area contributed by atoms with E-state index in [1.165, 1.54) is 24.8 Å². The Balaban J connectivity index is 1.84. The van der Waals surface area contributed by atoms with E-state index in [-0.39, 0.29) is 0 Å². The quantitative estimate of drug-likeness (QED) is 0.593. The first-order valence-corrected chi connectivity index (χ1v) is 7.72. The average molecular weight is 279 g/mol. The summed E-state index contributed by atoms with van der Waals surface area (Å²) in [6.45, 7) is 5.94. The Kier molecular flexibility index (Phi) is 9.98. The number of hydrogen-bond acceptors (Lipinski definition) is 3. The van der Waals surface area contributed by atoms with Crippen molar-refractivity contribution in [2.24, 2.45) is 0 Å². The molecule has 0 atom stereocenters. The van der Waals surface area contributed by atoms with E-state index in [2.05, 4.69) is 24.4 Å². The topological polar surface area (TPSA) is 30.5 Å². The fourth-order valence-electron chi connectivity index (χ4n) is 2.00. The van der Waals surface area contributed by atoms with Gasteiger partial charge in [-0.25, -0.2) is 0 Å². The molecular formula is C17H29NO2. The first-order valence-electron chi connectivity index (χ1n) is 7.72. The van der Waals surface area contributed by atoms with Crippen molar-refractivity contribution < 1.29 is 9.47 Å². The van der Waals surface area contributed by atoms with Gasteiger partial charge in [0.25, 0.3) is 0 Å². The van der Waals surface area contributed by atoms with Gasteiger partial charge < -0.3 is 14.8 Å². The van der Waals surface area contributed by atoms with Crippen LogP contribution in [0.3, 0.4) is 0 Å². The minimum atomic E-state index is 0.824. The van der Waals surface area contributed by atoms with Crippen molar-refractivity contribution in [3.8, 4) is 5.75 Å². The Labute approximate surface area is 123 Å². The van der Waals surface area contributed by atoms with E-state index in [9.17, 15) is 0 Å². The van der Waals surface area contributed by atoms with E-state index in [0.717, 1.165) is 44.9 Å². The minimum absolute atomic E-state index is 0.824. The number of nitrogens with one attached hydrogen (secondary N) is 1. The van der Waals surface area contributed by atoms with Gasteiger partial charge in [-0.3, -0.25) is 0 Å². The van der Waals surface area contributed by atoms with Gasteiger partial charge in [0, 0.05) is 13.7 Å². The monoisotopic (exact) mass is 279 g/mol. The highest BCUT2D eigenvalue weighted by molar-refractivity contribution is 5.26. The molecule has 0 aromatic heterocycles. The molecule has 0 amide bonds. The molecule has 0 fully saturated rings. The highest BCUT2D eigenvalue weighted by atomic mass is 16.5. The lowest BCUT2D eigenvalue weighted by atomic mass is 10.2. The van der Waals surface area contributed by atoms with Crippen molar-refractivity contribution in [1.29, 1.82) is 0 Å². The lowest BCUT2D eigenvalue weighted by Gasteiger charge is -2.07. The highest BCUT2D eigenvalue weighted by Gasteiger charge is 1.94. The second kappa shape index (κ2) is 11.7. The van der Waals surface area contributed by atoms with Gasteiger partial charge in [0.05, 0.1) is 6.61 Å². The Bertz CT molecular complexity index is 324. The molecule has 0 spiro atoms. The van der Waals surface area contributed by atoms with E-state index in [1.54, 1.807) is 7.11 Å². The third-order valence-electron chi connectivity index (χ3n) is 3.24. The first kappa shape index (κ1) is 17.0. The fourth-order valence-corrected chi connectivity index (χ4v) is 2.00. The lowest BCUT2D eigenvalue weighted by Crippen LogP contribution is -2.17. The molecule has 0 heterocycles. The van der Waals surface area contributed by atoms with Gasteiger partial charge in [-0.05, 0) is 51.4 Å². The van der Waals surface area contributed by atoms with Gasteiger partial charge in [0.15, 0.2) is 0 Å². The molecule has 1 N–H and O–H groups in total. The molecule has 3 heteroatoms. The number of ether oxygens (including phenoxy) is 2. The van der Waals surface area contributed by atoms with Crippen LogP contribution >= 0.6 is 0 Å². The van der Waals surface area contributed by atoms with Gasteiger partial charge in [-0.1, -0.05) is 30.5 Å². The molecular weight excluding hydrogens is 250 g/mol. The lowest BCUT2D eigenvalue weighted by molar-refractivity contribution is 0.194. The normalized spacial score (nSPS) is 10.7. The molecule has 1 aromatic carbocycles. The molecule has 0 aliphatic rings. The number of aryl methyl sites for hydroxylation is 1. The smallest absolute Gasteiger partial charge is 0.119 e. The Morgan fingerprint density at radius 2 is 1.55 bits per heavy atom. The Morgan fingerprint density at radius 3 is 2.30 bits per heavy atom. The zero-order valence-electron chi connectivity index (χ0n) is 13.0. The highest BCUT2D eigenvalue weighted by Crippen LogP contribution is 2.12. The van der Waals surface area contributed by atoms with Crippen molar-refractivity contribution in [1.82, 2.24) is 5.32 Å². The molecule has 0 radical (unpaired) electrons. The van der Waals surface area contributed by atoms with Crippen molar-refractivity contribution in [2.75, 3.05) is 33.4 Å². The van der Waals surface area contributed by atoms with Crippen LogP contribution in [0.25, 0.3) is 0 Å². The molecule has 1 rings (SSSR count). The maximum Gasteiger partial charge on any atom is 0.119 e. The van der Waals surface area contributed by atoms with E-state index in [1.807, 2.05) is 12.1 Å². The second-order valence-corrected chi connectivity index (χ2v) is 5.17. The number of benzene rings is 1. The van der Waals surface area contributed by atoms with Gasteiger partial charge >= 0.3 is 0 Å². The zero-order chi connectivity index (χ0) is 14.5. The van der Waals surface area contributed by atoms with Crippen LogP contribution in [0.4, 0.5) is 0 Å². The molecule has 0 aliphatic heterocycles.